The predicted octanol–water partition coefficient (Wildman–Crippen LogP) is 2.25. The van der Waals surface area contributed by atoms with Crippen LogP contribution in [0.5, 0.6) is 0 Å². The summed E-state index contributed by atoms with van der Waals surface area (Å²) in [6.07, 6.45) is 1.30. The molecule has 3 N–H and O–H groups in total. The number of carbonyl (C=O) groups is 2. The minimum Gasteiger partial charge on any atom is -0.365 e. The number of amides is 2. The fraction of sp³-hybridized carbons (Fsp3) is 0.0500. The van der Waals surface area contributed by atoms with Crippen LogP contribution in [-0.4, -0.2) is 26.6 Å². The van der Waals surface area contributed by atoms with Crippen LogP contribution in [-0.2, 0) is 6.54 Å². The highest BCUT2D eigenvalue weighted by molar-refractivity contribution is 7.17. The van der Waals surface area contributed by atoms with E-state index in [0.29, 0.717) is 10.8 Å². The zero-order chi connectivity index (χ0) is 20.4. The zero-order valence-electron chi connectivity index (χ0n) is 15.0. The number of primary amides is 1. The Morgan fingerprint density at radius 3 is 2.41 bits per heavy atom. The maximum Gasteiger partial charge on any atom is 0.278 e. The summed E-state index contributed by atoms with van der Waals surface area (Å²) in [7, 11) is 0. The highest BCUT2D eigenvalue weighted by atomic mass is 32.1. The summed E-state index contributed by atoms with van der Waals surface area (Å²) in [5.74, 6) is -1.16. The Hall–Kier alpha value is -3.85. The Morgan fingerprint density at radius 1 is 1.03 bits per heavy atom. The summed E-state index contributed by atoms with van der Waals surface area (Å²) in [5.41, 5.74) is 5.91. The number of rotatable bonds is 5. The maximum absolute atomic E-state index is 12.9. The number of nitrogens with two attached hydrogens (primary N) is 1. The number of carbonyl (C=O) groups excluding carboxylic acids is 2. The lowest BCUT2D eigenvalue weighted by Crippen LogP contribution is -2.28. The second-order valence-electron chi connectivity index (χ2n) is 6.19. The number of aromatic nitrogens is 3. The summed E-state index contributed by atoms with van der Waals surface area (Å²) in [4.78, 5) is 41.2. The van der Waals surface area contributed by atoms with Crippen molar-refractivity contribution in [2.75, 3.05) is 5.32 Å². The van der Waals surface area contributed by atoms with Crippen LogP contribution in [0.4, 0.5) is 5.13 Å². The van der Waals surface area contributed by atoms with Crippen LogP contribution < -0.4 is 16.6 Å². The molecule has 0 unspecified atom stereocenters. The van der Waals surface area contributed by atoms with Crippen LogP contribution in [0.3, 0.4) is 0 Å². The van der Waals surface area contributed by atoms with Crippen molar-refractivity contribution in [3.63, 3.8) is 0 Å². The quantitative estimate of drug-likeness (QED) is 0.528. The molecule has 144 valence electrons. The van der Waals surface area contributed by atoms with E-state index in [1.807, 2.05) is 30.3 Å². The van der Waals surface area contributed by atoms with Crippen LogP contribution >= 0.6 is 11.3 Å². The van der Waals surface area contributed by atoms with Gasteiger partial charge in [0, 0.05) is 5.39 Å². The monoisotopic (exact) mass is 405 g/mol. The molecule has 4 aromatic rings. The van der Waals surface area contributed by atoms with Gasteiger partial charge in [0.15, 0.2) is 10.8 Å². The molecule has 0 saturated heterocycles. The van der Waals surface area contributed by atoms with Gasteiger partial charge in [-0.2, -0.15) is 5.10 Å². The number of thiazole rings is 1. The van der Waals surface area contributed by atoms with Gasteiger partial charge in [-0.1, -0.05) is 59.9 Å². The number of hydrogen-bond acceptors (Lipinski definition) is 6. The van der Waals surface area contributed by atoms with E-state index < -0.39 is 11.8 Å². The minimum absolute atomic E-state index is 0.0898. The molecule has 0 saturated carbocycles. The van der Waals surface area contributed by atoms with Crippen molar-refractivity contribution in [2.24, 2.45) is 5.73 Å². The summed E-state index contributed by atoms with van der Waals surface area (Å²) < 4.78 is 1.27. The molecule has 9 heteroatoms. The van der Waals surface area contributed by atoms with Crippen molar-refractivity contribution in [2.45, 2.75) is 6.54 Å². The number of hydrogen-bond donors (Lipinski definition) is 2. The van der Waals surface area contributed by atoms with Crippen molar-refractivity contribution < 1.29 is 9.59 Å². The number of fused-ring (bicyclic) bond motifs is 1. The van der Waals surface area contributed by atoms with E-state index >= 15 is 0 Å². The van der Waals surface area contributed by atoms with Crippen molar-refractivity contribution in [1.82, 2.24) is 14.8 Å². The standard InChI is InChI=1S/C20H15N5O3S/c21-17(26)15-10-22-20(29-15)23-18(27)16-13-8-4-5-9-14(13)19(28)25(24-16)11-12-6-2-1-3-7-12/h1-10H,11H2,(H2,21,26)(H,22,23,27). The first kappa shape index (κ1) is 18.5. The molecular formula is C20H15N5O3S. The van der Waals surface area contributed by atoms with Gasteiger partial charge in [-0.3, -0.25) is 19.7 Å². The van der Waals surface area contributed by atoms with Gasteiger partial charge in [0.05, 0.1) is 18.1 Å². The Morgan fingerprint density at radius 2 is 1.72 bits per heavy atom. The van der Waals surface area contributed by atoms with Crippen molar-refractivity contribution in [3.05, 3.63) is 87.3 Å². The molecule has 2 aromatic heterocycles. The largest absolute Gasteiger partial charge is 0.365 e. The first-order chi connectivity index (χ1) is 14.0. The summed E-state index contributed by atoms with van der Waals surface area (Å²) in [6, 6.07) is 16.2. The van der Waals surface area contributed by atoms with E-state index in [0.717, 1.165) is 16.9 Å². The number of benzene rings is 2. The van der Waals surface area contributed by atoms with E-state index in [9.17, 15) is 14.4 Å². The molecule has 2 amide bonds. The number of nitrogens with one attached hydrogen (secondary N) is 1. The third-order valence-corrected chi connectivity index (χ3v) is 5.15. The first-order valence-corrected chi connectivity index (χ1v) is 9.45. The third-order valence-electron chi connectivity index (χ3n) is 4.23. The molecule has 0 aliphatic carbocycles. The summed E-state index contributed by atoms with van der Waals surface area (Å²) >= 11 is 0.965. The molecular weight excluding hydrogens is 390 g/mol. The van der Waals surface area contributed by atoms with Crippen LogP contribution in [0.25, 0.3) is 10.8 Å². The average Bonchev–Trinajstić information content (AvgIpc) is 3.20. The molecule has 0 aliphatic heterocycles. The Kier molecular flexibility index (Phi) is 4.88. The molecule has 2 heterocycles. The lowest BCUT2D eigenvalue weighted by atomic mass is 10.1. The van der Waals surface area contributed by atoms with Gasteiger partial charge < -0.3 is 5.73 Å². The lowest BCUT2D eigenvalue weighted by molar-refractivity contribution is 0.1000. The van der Waals surface area contributed by atoms with Gasteiger partial charge in [-0.25, -0.2) is 9.67 Å². The van der Waals surface area contributed by atoms with Crippen LogP contribution in [0, 0.1) is 0 Å². The molecule has 2 aromatic carbocycles. The summed E-state index contributed by atoms with van der Waals surface area (Å²) in [5, 5.41) is 7.97. The van der Waals surface area contributed by atoms with E-state index in [-0.39, 0.29) is 27.8 Å². The maximum atomic E-state index is 12.9. The average molecular weight is 405 g/mol. The molecule has 0 spiro atoms. The van der Waals surface area contributed by atoms with Gasteiger partial charge in [0.2, 0.25) is 0 Å². The Labute approximate surface area is 168 Å². The van der Waals surface area contributed by atoms with E-state index in [2.05, 4.69) is 15.4 Å². The van der Waals surface area contributed by atoms with Crippen molar-refractivity contribution in [1.29, 1.82) is 0 Å². The van der Waals surface area contributed by atoms with Gasteiger partial charge in [-0.05, 0) is 11.6 Å². The van der Waals surface area contributed by atoms with E-state index in [1.54, 1.807) is 24.3 Å². The molecule has 0 aliphatic rings. The minimum atomic E-state index is -0.622. The van der Waals surface area contributed by atoms with Crippen LogP contribution in [0.15, 0.2) is 65.6 Å². The summed E-state index contributed by atoms with van der Waals surface area (Å²) in [6.45, 7) is 0.230. The first-order valence-electron chi connectivity index (χ1n) is 8.63. The second kappa shape index (κ2) is 7.64. The lowest BCUT2D eigenvalue weighted by Gasteiger charge is -2.10. The molecule has 0 atom stereocenters. The normalized spacial score (nSPS) is 10.8. The molecule has 29 heavy (non-hydrogen) atoms. The van der Waals surface area contributed by atoms with Crippen LogP contribution in [0.2, 0.25) is 0 Å². The highest BCUT2D eigenvalue weighted by Crippen LogP contribution is 2.20. The van der Waals surface area contributed by atoms with Gasteiger partial charge in [0.25, 0.3) is 17.4 Å². The van der Waals surface area contributed by atoms with Gasteiger partial charge in [0.1, 0.15) is 4.88 Å². The third kappa shape index (κ3) is 3.76. The van der Waals surface area contributed by atoms with Crippen molar-refractivity contribution in [3.8, 4) is 0 Å². The molecule has 0 fully saturated rings. The molecule has 8 nitrogen and oxygen atoms in total. The Balaban J connectivity index is 1.76. The van der Waals surface area contributed by atoms with E-state index in [4.69, 9.17) is 5.73 Å². The molecule has 0 bridgehead atoms. The second-order valence-corrected chi connectivity index (χ2v) is 7.22. The smallest absolute Gasteiger partial charge is 0.278 e. The van der Waals surface area contributed by atoms with Gasteiger partial charge >= 0.3 is 0 Å². The zero-order valence-corrected chi connectivity index (χ0v) is 15.8. The van der Waals surface area contributed by atoms with Gasteiger partial charge in [-0.15, -0.1) is 0 Å². The predicted molar refractivity (Wildman–Crippen MR) is 110 cm³/mol. The van der Waals surface area contributed by atoms with Crippen LogP contribution in [0.1, 0.15) is 25.7 Å². The fourth-order valence-corrected chi connectivity index (χ4v) is 3.53. The highest BCUT2D eigenvalue weighted by Gasteiger charge is 2.18. The molecule has 4 rings (SSSR count). The molecule has 0 radical (unpaired) electrons. The Bertz CT molecular complexity index is 1280. The fourth-order valence-electron chi connectivity index (χ4n) is 2.87. The SMILES string of the molecule is NC(=O)c1cnc(NC(=O)c2nn(Cc3ccccc3)c(=O)c3ccccc23)s1. The number of anilines is 1. The number of nitrogens with zero attached hydrogens (tertiary/aromatic N) is 3. The topological polar surface area (TPSA) is 120 Å². The van der Waals surface area contributed by atoms with Crippen molar-refractivity contribution >= 4 is 39.1 Å². The van der Waals surface area contributed by atoms with E-state index in [1.165, 1.54) is 10.9 Å².